The Morgan fingerprint density at radius 3 is 2.94 bits per heavy atom. The van der Waals surface area contributed by atoms with E-state index in [4.69, 9.17) is 5.73 Å². The number of aromatic nitrogens is 1. The first kappa shape index (κ1) is 10.9. The Morgan fingerprint density at radius 1 is 1.50 bits per heavy atom. The molecular weight excluding hydrogens is 225 g/mol. The second kappa shape index (κ2) is 4.49. The zero-order valence-corrected chi connectivity index (χ0v) is 9.64. The quantitative estimate of drug-likeness (QED) is 0.807. The third-order valence-corrected chi connectivity index (χ3v) is 3.21. The highest BCUT2D eigenvalue weighted by Crippen LogP contribution is 2.19. The molecule has 0 amide bonds. The van der Waals surface area contributed by atoms with Crippen LogP contribution in [0.15, 0.2) is 23.7 Å². The van der Waals surface area contributed by atoms with Crippen LogP contribution in [0.25, 0.3) is 0 Å². The number of rotatable bonds is 3. The highest BCUT2D eigenvalue weighted by molar-refractivity contribution is 7.09. The van der Waals surface area contributed by atoms with Gasteiger partial charge >= 0.3 is 0 Å². The molecule has 0 aliphatic rings. The summed E-state index contributed by atoms with van der Waals surface area (Å²) in [5.41, 5.74) is 9.12. The number of anilines is 2. The Hall–Kier alpha value is -1.62. The lowest BCUT2D eigenvalue weighted by atomic mass is 10.2. The summed E-state index contributed by atoms with van der Waals surface area (Å²) < 4.78 is 13.4. The van der Waals surface area contributed by atoms with Gasteiger partial charge in [-0.05, 0) is 25.1 Å². The molecule has 0 saturated heterocycles. The van der Waals surface area contributed by atoms with Gasteiger partial charge in [0.05, 0.1) is 23.4 Å². The van der Waals surface area contributed by atoms with Crippen molar-refractivity contribution in [3.8, 4) is 0 Å². The van der Waals surface area contributed by atoms with Crippen LogP contribution in [0.1, 0.15) is 10.6 Å². The number of hydrogen-bond acceptors (Lipinski definition) is 4. The van der Waals surface area contributed by atoms with Gasteiger partial charge in [-0.25, -0.2) is 9.37 Å². The molecule has 3 N–H and O–H groups in total. The zero-order chi connectivity index (χ0) is 11.5. The molecule has 16 heavy (non-hydrogen) atoms. The summed E-state index contributed by atoms with van der Waals surface area (Å²) in [5, 5.41) is 3.02. The van der Waals surface area contributed by atoms with Crippen LogP contribution in [-0.4, -0.2) is 4.98 Å². The molecule has 0 atom stereocenters. The van der Waals surface area contributed by atoms with Gasteiger partial charge in [-0.1, -0.05) is 0 Å². The van der Waals surface area contributed by atoms with E-state index < -0.39 is 0 Å². The smallest absolute Gasteiger partial charge is 0.148 e. The van der Waals surface area contributed by atoms with Crippen LogP contribution < -0.4 is 11.1 Å². The van der Waals surface area contributed by atoms with Crippen molar-refractivity contribution in [3.05, 3.63) is 40.1 Å². The maximum Gasteiger partial charge on any atom is 0.148 e. The molecule has 0 aliphatic heterocycles. The van der Waals surface area contributed by atoms with E-state index in [2.05, 4.69) is 10.3 Å². The fourth-order valence-corrected chi connectivity index (χ4v) is 2.06. The molecular formula is C11H12FN3S. The lowest BCUT2D eigenvalue weighted by Crippen LogP contribution is -2.01. The Kier molecular flexibility index (Phi) is 3.05. The van der Waals surface area contributed by atoms with E-state index in [1.165, 1.54) is 6.07 Å². The van der Waals surface area contributed by atoms with Crippen molar-refractivity contribution in [1.29, 1.82) is 0 Å². The first-order valence-corrected chi connectivity index (χ1v) is 5.72. The summed E-state index contributed by atoms with van der Waals surface area (Å²) in [6, 6.07) is 4.62. The Morgan fingerprint density at radius 2 is 2.31 bits per heavy atom. The van der Waals surface area contributed by atoms with Crippen LogP contribution >= 0.6 is 11.3 Å². The number of hydrogen-bond donors (Lipinski definition) is 2. The molecule has 0 spiro atoms. The highest BCUT2D eigenvalue weighted by atomic mass is 32.1. The molecule has 1 aromatic heterocycles. The monoisotopic (exact) mass is 237 g/mol. The van der Waals surface area contributed by atoms with E-state index in [0.29, 0.717) is 17.9 Å². The summed E-state index contributed by atoms with van der Waals surface area (Å²) in [7, 11) is 0. The van der Waals surface area contributed by atoms with Crippen molar-refractivity contribution in [1.82, 2.24) is 4.98 Å². The average Bonchev–Trinajstić information content (AvgIpc) is 2.63. The number of benzene rings is 1. The number of nitrogens with zero attached hydrogens (tertiary/aromatic N) is 1. The van der Waals surface area contributed by atoms with Crippen LogP contribution in [0.5, 0.6) is 0 Å². The molecule has 84 valence electrons. The highest BCUT2D eigenvalue weighted by Gasteiger charge is 2.04. The number of nitrogens with one attached hydrogen (secondary N) is 1. The molecule has 0 unspecified atom stereocenters. The molecule has 0 fully saturated rings. The fraction of sp³-hybridized carbons (Fsp3) is 0.182. The predicted molar refractivity (Wildman–Crippen MR) is 65.0 cm³/mol. The molecule has 0 bridgehead atoms. The van der Waals surface area contributed by atoms with Crippen molar-refractivity contribution in [3.63, 3.8) is 0 Å². The number of thiazole rings is 1. The maximum absolute atomic E-state index is 13.4. The molecule has 0 aliphatic carbocycles. The first-order chi connectivity index (χ1) is 7.66. The normalized spacial score (nSPS) is 10.4. The lowest BCUT2D eigenvalue weighted by Gasteiger charge is -2.07. The van der Waals surface area contributed by atoms with E-state index in [9.17, 15) is 4.39 Å². The Balaban J connectivity index is 2.08. The van der Waals surface area contributed by atoms with Gasteiger partial charge in [0, 0.05) is 10.6 Å². The van der Waals surface area contributed by atoms with Gasteiger partial charge in [-0.2, -0.15) is 0 Å². The molecule has 2 rings (SSSR count). The largest absolute Gasteiger partial charge is 0.399 e. The van der Waals surface area contributed by atoms with Gasteiger partial charge in [0.25, 0.3) is 0 Å². The summed E-state index contributed by atoms with van der Waals surface area (Å²) >= 11 is 1.56. The minimum absolute atomic E-state index is 0.331. The topological polar surface area (TPSA) is 50.9 Å². The van der Waals surface area contributed by atoms with Crippen LogP contribution in [0.3, 0.4) is 0 Å². The van der Waals surface area contributed by atoms with Gasteiger partial charge in [-0.15, -0.1) is 11.3 Å². The number of nitrogens with two attached hydrogens (primary N) is 1. The summed E-state index contributed by atoms with van der Waals surface area (Å²) in [4.78, 5) is 5.24. The van der Waals surface area contributed by atoms with Crippen molar-refractivity contribution in [2.75, 3.05) is 11.1 Å². The second-order valence-electron chi connectivity index (χ2n) is 3.45. The second-order valence-corrected chi connectivity index (χ2v) is 4.39. The number of halogens is 1. The standard InChI is InChI=1S/C11H12FN3S/c1-7-11(16-6-15-7)5-14-10-3-2-8(13)4-9(10)12/h2-4,6,14H,5,13H2,1H3. The van der Waals surface area contributed by atoms with Crippen LogP contribution in [0.2, 0.25) is 0 Å². The van der Waals surface area contributed by atoms with Gasteiger partial charge in [0.2, 0.25) is 0 Å². The lowest BCUT2D eigenvalue weighted by molar-refractivity contribution is 0.631. The zero-order valence-electron chi connectivity index (χ0n) is 8.83. The molecule has 1 heterocycles. The molecule has 2 aromatic rings. The summed E-state index contributed by atoms with van der Waals surface area (Å²) in [6.07, 6.45) is 0. The third-order valence-electron chi connectivity index (χ3n) is 2.28. The van der Waals surface area contributed by atoms with Crippen LogP contribution in [-0.2, 0) is 6.54 Å². The van der Waals surface area contributed by atoms with Crippen LogP contribution in [0.4, 0.5) is 15.8 Å². The summed E-state index contributed by atoms with van der Waals surface area (Å²) in [5.74, 6) is -0.331. The molecule has 3 nitrogen and oxygen atoms in total. The molecule has 0 radical (unpaired) electrons. The number of aryl methyl sites for hydroxylation is 1. The Labute approximate surface area is 97.1 Å². The van der Waals surface area contributed by atoms with Crippen molar-refractivity contribution >= 4 is 22.7 Å². The minimum Gasteiger partial charge on any atom is -0.399 e. The van der Waals surface area contributed by atoms with E-state index in [0.717, 1.165) is 10.6 Å². The third kappa shape index (κ3) is 2.30. The van der Waals surface area contributed by atoms with E-state index in [-0.39, 0.29) is 5.82 Å². The van der Waals surface area contributed by atoms with Gasteiger partial charge < -0.3 is 11.1 Å². The Bertz CT molecular complexity index is 496. The van der Waals surface area contributed by atoms with E-state index in [1.54, 1.807) is 29.0 Å². The van der Waals surface area contributed by atoms with Gasteiger partial charge in [0.1, 0.15) is 5.82 Å². The maximum atomic E-state index is 13.4. The average molecular weight is 237 g/mol. The van der Waals surface area contributed by atoms with Crippen LogP contribution in [0, 0.1) is 12.7 Å². The summed E-state index contributed by atoms with van der Waals surface area (Å²) in [6.45, 7) is 2.52. The molecule has 1 aromatic carbocycles. The SMILES string of the molecule is Cc1ncsc1CNc1ccc(N)cc1F. The van der Waals surface area contributed by atoms with Crippen molar-refractivity contribution in [2.24, 2.45) is 0 Å². The van der Waals surface area contributed by atoms with Gasteiger partial charge in [-0.3, -0.25) is 0 Å². The van der Waals surface area contributed by atoms with Crippen molar-refractivity contribution < 1.29 is 4.39 Å². The van der Waals surface area contributed by atoms with Crippen molar-refractivity contribution in [2.45, 2.75) is 13.5 Å². The number of nitrogen functional groups attached to an aromatic ring is 1. The van der Waals surface area contributed by atoms with E-state index >= 15 is 0 Å². The first-order valence-electron chi connectivity index (χ1n) is 4.84. The van der Waals surface area contributed by atoms with E-state index in [1.807, 2.05) is 6.92 Å². The minimum atomic E-state index is -0.331. The van der Waals surface area contributed by atoms with Gasteiger partial charge in [0.15, 0.2) is 0 Å². The predicted octanol–water partition coefficient (Wildman–Crippen LogP) is 2.78. The molecule has 0 saturated carbocycles. The fourth-order valence-electron chi connectivity index (χ4n) is 1.35. The molecule has 5 heteroatoms.